The second-order valence-corrected chi connectivity index (χ2v) is 5.32. The van der Waals surface area contributed by atoms with Crippen molar-refractivity contribution in [1.82, 2.24) is 9.97 Å². The van der Waals surface area contributed by atoms with E-state index in [1.807, 2.05) is 19.1 Å². The normalized spacial score (nSPS) is 10.6. The lowest BCUT2D eigenvalue weighted by Gasteiger charge is -2.13. The number of aromatic nitrogens is 2. The molecule has 100 valence electrons. The van der Waals surface area contributed by atoms with E-state index in [2.05, 4.69) is 45.8 Å². The molecule has 1 heterocycles. The Hall–Kier alpha value is -1.42. The molecule has 19 heavy (non-hydrogen) atoms. The standard InChI is InChI=1S/C15H17BrN2O/c1-5-14-17-11(8-13(16)18-14)15-10(3)6-9(2)7-12(15)19-4/h6-8H,5H2,1-4H3. The molecular formula is C15H17BrN2O. The van der Waals surface area contributed by atoms with Crippen LogP contribution in [0.1, 0.15) is 23.9 Å². The van der Waals surface area contributed by atoms with Gasteiger partial charge in [0.05, 0.1) is 12.8 Å². The second kappa shape index (κ2) is 5.70. The first-order chi connectivity index (χ1) is 9.05. The van der Waals surface area contributed by atoms with Gasteiger partial charge in [-0.25, -0.2) is 9.97 Å². The van der Waals surface area contributed by atoms with Gasteiger partial charge in [0.1, 0.15) is 16.2 Å². The number of hydrogen-bond donors (Lipinski definition) is 0. The molecule has 0 radical (unpaired) electrons. The Morgan fingerprint density at radius 1 is 1.16 bits per heavy atom. The van der Waals surface area contributed by atoms with Crippen LogP contribution in [0.25, 0.3) is 11.3 Å². The Kier molecular flexibility index (Phi) is 4.20. The maximum atomic E-state index is 5.50. The number of halogens is 1. The molecule has 0 unspecified atom stereocenters. The molecule has 0 bridgehead atoms. The van der Waals surface area contributed by atoms with Crippen molar-refractivity contribution in [2.75, 3.05) is 7.11 Å². The summed E-state index contributed by atoms with van der Waals surface area (Å²) in [5, 5.41) is 0. The molecule has 0 saturated heterocycles. The van der Waals surface area contributed by atoms with Crippen LogP contribution in [0, 0.1) is 13.8 Å². The third kappa shape index (κ3) is 2.95. The van der Waals surface area contributed by atoms with E-state index in [9.17, 15) is 0 Å². The van der Waals surface area contributed by atoms with Crippen LogP contribution in [-0.2, 0) is 6.42 Å². The number of ether oxygens (including phenoxy) is 1. The van der Waals surface area contributed by atoms with E-state index >= 15 is 0 Å². The smallest absolute Gasteiger partial charge is 0.130 e. The molecule has 0 amide bonds. The lowest BCUT2D eigenvalue weighted by Crippen LogP contribution is -1.99. The summed E-state index contributed by atoms with van der Waals surface area (Å²) in [6.45, 7) is 6.18. The van der Waals surface area contributed by atoms with Gasteiger partial charge < -0.3 is 4.74 Å². The van der Waals surface area contributed by atoms with Crippen molar-refractivity contribution in [3.63, 3.8) is 0 Å². The van der Waals surface area contributed by atoms with Gasteiger partial charge in [0.15, 0.2) is 0 Å². The number of methoxy groups -OCH3 is 1. The molecule has 4 heteroatoms. The third-order valence-corrected chi connectivity index (χ3v) is 3.38. The van der Waals surface area contributed by atoms with Gasteiger partial charge in [-0.15, -0.1) is 0 Å². The van der Waals surface area contributed by atoms with Gasteiger partial charge in [-0.2, -0.15) is 0 Å². The Morgan fingerprint density at radius 3 is 2.53 bits per heavy atom. The quantitative estimate of drug-likeness (QED) is 0.799. The topological polar surface area (TPSA) is 35.0 Å². The minimum Gasteiger partial charge on any atom is -0.496 e. The lowest BCUT2D eigenvalue weighted by atomic mass is 10.0. The number of benzene rings is 1. The third-order valence-electron chi connectivity index (χ3n) is 2.98. The summed E-state index contributed by atoms with van der Waals surface area (Å²) in [6.07, 6.45) is 0.805. The molecule has 0 aliphatic rings. The molecule has 0 aliphatic carbocycles. The number of rotatable bonds is 3. The van der Waals surface area contributed by atoms with Crippen molar-refractivity contribution in [1.29, 1.82) is 0 Å². The second-order valence-electron chi connectivity index (χ2n) is 4.50. The fourth-order valence-corrected chi connectivity index (χ4v) is 2.59. The van der Waals surface area contributed by atoms with Crippen LogP contribution in [0.3, 0.4) is 0 Å². The minimum atomic E-state index is 0.802. The van der Waals surface area contributed by atoms with Gasteiger partial charge in [0.25, 0.3) is 0 Å². The summed E-state index contributed by atoms with van der Waals surface area (Å²) in [7, 11) is 1.69. The van der Waals surface area contributed by atoms with Crippen LogP contribution < -0.4 is 4.74 Å². The summed E-state index contributed by atoms with van der Waals surface area (Å²) in [5.74, 6) is 1.68. The highest BCUT2D eigenvalue weighted by Gasteiger charge is 2.13. The highest BCUT2D eigenvalue weighted by Crippen LogP contribution is 2.34. The van der Waals surface area contributed by atoms with E-state index < -0.39 is 0 Å². The highest BCUT2D eigenvalue weighted by molar-refractivity contribution is 9.10. The van der Waals surface area contributed by atoms with Gasteiger partial charge in [0.2, 0.25) is 0 Å². The van der Waals surface area contributed by atoms with Gasteiger partial charge in [-0.3, -0.25) is 0 Å². The average molecular weight is 321 g/mol. The molecule has 0 N–H and O–H groups in total. The predicted molar refractivity (Wildman–Crippen MR) is 80.6 cm³/mol. The van der Waals surface area contributed by atoms with E-state index in [-0.39, 0.29) is 0 Å². The van der Waals surface area contributed by atoms with E-state index in [0.717, 1.165) is 39.4 Å². The zero-order chi connectivity index (χ0) is 14.0. The van der Waals surface area contributed by atoms with Gasteiger partial charge in [0, 0.05) is 12.0 Å². The summed E-state index contributed by atoms with van der Waals surface area (Å²) < 4.78 is 6.30. The van der Waals surface area contributed by atoms with Crippen LogP contribution in [0.15, 0.2) is 22.8 Å². The van der Waals surface area contributed by atoms with E-state index in [4.69, 9.17) is 4.74 Å². The van der Waals surface area contributed by atoms with Crippen molar-refractivity contribution in [3.8, 4) is 17.0 Å². The number of hydrogen-bond acceptors (Lipinski definition) is 3. The van der Waals surface area contributed by atoms with E-state index in [0.29, 0.717) is 0 Å². The summed E-state index contributed by atoms with van der Waals surface area (Å²) >= 11 is 3.44. The molecule has 3 nitrogen and oxygen atoms in total. The first-order valence-electron chi connectivity index (χ1n) is 6.24. The van der Waals surface area contributed by atoms with Gasteiger partial charge >= 0.3 is 0 Å². The molecule has 0 spiro atoms. The van der Waals surface area contributed by atoms with Crippen LogP contribution in [0.5, 0.6) is 5.75 Å². The van der Waals surface area contributed by atoms with E-state index in [1.165, 1.54) is 5.56 Å². The fraction of sp³-hybridized carbons (Fsp3) is 0.333. The fourth-order valence-electron chi connectivity index (χ4n) is 2.17. The monoisotopic (exact) mass is 320 g/mol. The number of aryl methyl sites for hydroxylation is 3. The maximum absolute atomic E-state index is 5.50. The predicted octanol–water partition coefficient (Wildman–Crippen LogP) is 4.09. The van der Waals surface area contributed by atoms with Crippen LogP contribution >= 0.6 is 15.9 Å². The highest BCUT2D eigenvalue weighted by atomic mass is 79.9. The van der Waals surface area contributed by atoms with Crippen LogP contribution in [0.4, 0.5) is 0 Å². The summed E-state index contributed by atoms with van der Waals surface area (Å²) in [4.78, 5) is 8.95. The molecule has 1 aromatic heterocycles. The molecule has 2 rings (SSSR count). The van der Waals surface area contributed by atoms with Crippen molar-refractivity contribution < 1.29 is 4.74 Å². The summed E-state index contributed by atoms with van der Waals surface area (Å²) in [6, 6.07) is 6.10. The largest absolute Gasteiger partial charge is 0.496 e. The number of nitrogens with zero attached hydrogens (tertiary/aromatic N) is 2. The average Bonchev–Trinajstić information content (AvgIpc) is 2.36. The minimum absolute atomic E-state index is 0.802. The molecule has 1 aromatic carbocycles. The first-order valence-corrected chi connectivity index (χ1v) is 7.03. The Bertz CT molecular complexity index is 611. The van der Waals surface area contributed by atoms with Crippen molar-refractivity contribution in [2.45, 2.75) is 27.2 Å². The zero-order valence-electron chi connectivity index (χ0n) is 11.6. The molecule has 0 saturated carbocycles. The van der Waals surface area contributed by atoms with Crippen LogP contribution in [0.2, 0.25) is 0 Å². The zero-order valence-corrected chi connectivity index (χ0v) is 13.2. The molecule has 2 aromatic rings. The van der Waals surface area contributed by atoms with Crippen molar-refractivity contribution in [2.24, 2.45) is 0 Å². The summed E-state index contributed by atoms with van der Waals surface area (Å²) in [5.41, 5.74) is 4.27. The van der Waals surface area contributed by atoms with Crippen LogP contribution in [-0.4, -0.2) is 17.1 Å². The van der Waals surface area contributed by atoms with Gasteiger partial charge in [-0.05, 0) is 53.0 Å². The van der Waals surface area contributed by atoms with E-state index in [1.54, 1.807) is 7.11 Å². The van der Waals surface area contributed by atoms with Crippen molar-refractivity contribution >= 4 is 15.9 Å². The molecule has 0 aliphatic heterocycles. The Balaban J connectivity index is 2.67. The SMILES string of the molecule is CCc1nc(Br)cc(-c2c(C)cc(C)cc2OC)n1. The maximum Gasteiger partial charge on any atom is 0.130 e. The molecule has 0 fully saturated rings. The Morgan fingerprint density at radius 2 is 1.89 bits per heavy atom. The first kappa shape index (κ1) is 14.0. The van der Waals surface area contributed by atoms with Crippen molar-refractivity contribution in [3.05, 3.63) is 39.8 Å². The van der Waals surface area contributed by atoms with Gasteiger partial charge in [-0.1, -0.05) is 13.0 Å². The lowest BCUT2D eigenvalue weighted by molar-refractivity contribution is 0.415. The molecule has 0 atom stereocenters. The molecular weight excluding hydrogens is 304 g/mol. The Labute approximate surface area is 122 Å².